The summed E-state index contributed by atoms with van der Waals surface area (Å²) in [6, 6.07) is 4.24. The molecule has 152 valence electrons. The van der Waals surface area contributed by atoms with E-state index < -0.39 is 0 Å². The highest BCUT2D eigenvalue weighted by atomic mass is 19.1. The van der Waals surface area contributed by atoms with E-state index in [1.54, 1.807) is 26.2 Å². The molecule has 2 rings (SSSR count). The highest BCUT2D eigenvalue weighted by molar-refractivity contribution is 5.88. The molecule has 0 radical (unpaired) electrons. The molecule has 1 N–H and O–H groups in total. The summed E-state index contributed by atoms with van der Waals surface area (Å²) in [6.45, 7) is 10.2. The Kier molecular flexibility index (Phi) is 8.00. The number of amides is 1. The summed E-state index contributed by atoms with van der Waals surface area (Å²) in [4.78, 5) is 14.4. The number of hydrogen-bond acceptors (Lipinski definition) is 3. The van der Waals surface area contributed by atoms with E-state index in [0.717, 1.165) is 25.4 Å². The van der Waals surface area contributed by atoms with Gasteiger partial charge in [0, 0.05) is 31.3 Å². The minimum absolute atomic E-state index is 0.127. The fraction of sp³-hybridized carbons (Fsp3) is 0.435. The number of halogens is 1. The maximum Gasteiger partial charge on any atom is 0.244 e. The molecule has 1 fully saturated rings. The van der Waals surface area contributed by atoms with Gasteiger partial charge >= 0.3 is 0 Å². The van der Waals surface area contributed by atoms with Crippen molar-refractivity contribution in [2.24, 2.45) is 0 Å². The largest absolute Gasteiger partial charge is 0.496 e. The van der Waals surface area contributed by atoms with Crippen LogP contribution in [-0.4, -0.2) is 37.0 Å². The summed E-state index contributed by atoms with van der Waals surface area (Å²) in [5.74, 6) is 0.502. The van der Waals surface area contributed by atoms with Crippen molar-refractivity contribution in [2.45, 2.75) is 46.7 Å². The van der Waals surface area contributed by atoms with Crippen LogP contribution in [0.4, 0.5) is 4.39 Å². The Morgan fingerprint density at radius 2 is 1.96 bits per heavy atom. The first kappa shape index (κ1) is 21.9. The molecule has 1 aliphatic rings. The summed E-state index contributed by atoms with van der Waals surface area (Å²) in [7, 11) is 1.69. The first-order chi connectivity index (χ1) is 13.4. The number of benzene rings is 1. The Morgan fingerprint density at radius 3 is 2.57 bits per heavy atom. The van der Waals surface area contributed by atoms with Gasteiger partial charge in [0.2, 0.25) is 5.91 Å². The molecule has 1 aromatic rings. The van der Waals surface area contributed by atoms with Crippen LogP contribution in [-0.2, 0) is 11.3 Å². The van der Waals surface area contributed by atoms with Crippen molar-refractivity contribution in [3.63, 3.8) is 0 Å². The molecule has 0 atom stereocenters. The van der Waals surface area contributed by atoms with Gasteiger partial charge in [0.1, 0.15) is 11.6 Å². The molecule has 0 saturated carbocycles. The van der Waals surface area contributed by atoms with Crippen LogP contribution >= 0.6 is 0 Å². The fourth-order valence-electron chi connectivity index (χ4n) is 3.31. The van der Waals surface area contributed by atoms with Gasteiger partial charge in [-0.3, -0.25) is 9.69 Å². The van der Waals surface area contributed by atoms with Crippen molar-refractivity contribution in [3.8, 4) is 5.75 Å². The zero-order valence-electron chi connectivity index (χ0n) is 17.5. The lowest BCUT2D eigenvalue weighted by atomic mass is 10.00. The maximum absolute atomic E-state index is 13.8. The zero-order valence-corrected chi connectivity index (χ0v) is 17.5. The summed E-state index contributed by atoms with van der Waals surface area (Å²) in [6.07, 6.45) is 6.69. The number of carbonyl (C=O) groups is 1. The van der Waals surface area contributed by atoms with Gasteiger partial charge in [-0.25, -0.2) is 4.39 Å². The van der Waals surface area contributed by atoms with E-state index >= 15 is 0 Å². The standard InChI is InChI=1S/C23H31FN2O2/c1-6-8-18(21(24)7-2)10-12-23(27)25-20-14-26(15-20)13-19-9-11-22(28-5)17(4)16(19)3/h6,8-12,20H,7,13-15H2,1-5H3,(H,25,27)/b8-6-,12-10+,21-18-. The van der Waals surface area contributed by atoms with Crippen molar-refractivity contribution in [1.29, 1.82) is 0 Å². The fourth-order valence-corrected chi connectivity index (χ4v) is 3.31. The number of hydrogen-bond donors (Lipinski definition) is 1. The summed E-state index contributed by atoms with van der Waals surface area (Å²) >= 11 is 0. The van der Waals surface area contributed by atoms with E-state index in [1.165, 1.54) is 28.8 Å². The van der Waals surface area contributed by atoms with E-state index in [0.29, 0.717) is 12.0 Å². The Labute approximate surface area is 167 Å². The second kappa shape index (κ2) is 10.2. The van der Waals surface area contributed by atoms with E-state index in [-0.39, 0.29) is 17.8 Å². The van der Waals surface area contributed by atoms with Gasteiger partial charge in [-0.2, -0.15) is 0 Å². The first-order valence-corrected chi connectivity index (χ1v) is 9.74. The monoisotopic (exact) mass is 386 g/mol. The number of methoxy groups -OCH3 is 1. The summed E-state index contributed by atoms with van der Waals surface area (Å²) in [5, 5.41) is 2.97. The van der Waals surface area contributed by atoms with Crippen molar-refractivity contribution in [2.75, 3.05) is 20.2 Å². The second-order valence-electron chi connectivity index (χ2n) is 7.12. The average molecular weight is 387 g/mol. The van der Waals surface area contributed by atoms with Gasteiger partial charge in [0.05, 0.1) is 13.2 Å². The van der Waals surface area contributed by atoms with E-state index in [4.69, 9.17) is 4.74 Å². The molecule has 0 unspecified atom stereocenters. The van der Waals surface area contributed by atoms with Crippen molar-refractivity contribution >= 4 is 5.91 Å². The molecular weight excluding hydrogens is 355 g/mol. The minimum Gasteiger partial charge on any atom is -0.496 e. The second-order valence-corrected chi connectivity index (χ2v) is 7.12. The number of nitrogens with zero attached hydrogens (tertiary/aromatic N) is 1. The summed E-state index contributed by atoms with van der Waals surface area (Å²) < 4.78 is 19.1. The van der Waals surface area contributed by atoms with E-state index in [2.05, 4.69) is 30.1 Å². The SMILES string of the molecule is C\C=C/C(/C=C/C(=O)NC1CN(Cc2ccc(OC)c(C)c2C)C1)=C(/F)CC. The van der Waals surface area contributed by atoms with Gasteiger partial charge < -0.3 is 10.1 Å². The first-order valence-electron chi connectivity index (χ1n) is 9.74. The lowest BCUT2D eigenvalue weighted by Gasteiger charge is -2.39. The van der Waals surface area contributed by atoms with Gasteiger partial charge in [0.25, 0.3) is 0 Å². The number of likely N-dealkylation sites (tertiary alicyclic amines) is 1. The number of nitrogens with one attached hydrogen (secondary N) is 1. The molecule has 28 heavy (non-hydrogen) atoms. The van der Waals surface area contributed by atoms with Crippen LogP contribution in [0.2, 0.25) is 0 Å². The normalized spacial score (nSPS) is 16.4. The van der Waals surface area contributed by atoms with Crippen LogP contribution in [0.25, 0.3) is 0 Å². The van der Waals surface area contributed by atoms with Crippen molar-refractivity contribution < 1.29 is 13.9 Å². The number of ether oxygens (including phenoxy) is 1. The van der Waals surface area contributed by atoms with Crippen molar-refractivity contribution in [1.82, 2.24) is 10.2 Å². The van der Waals surface area contributed by atoms with Gasteiger partial charge in [-0.05, 0) is 56.0 Å². The molecule has 1 amide bonds. The Morgan fingerprint density at radius 1 is 1.25 bits per heavy atom. The lowest BCUT2D eigenvalue weighted by Crippen LogP contribution is -2.58. The Bertz CT molecular complexity index is 790. The third-order valence-corrected chi connectivity index (χ3v) is 5.15. The topological polar surface area (TPSA) is 41.6 Å². The van der Waals surface area contributed by atoms with Crippen LogP contribution in [0.15, 0.2) is 47.8 Å². The third-order valence-electron chi connectivity index (χ3n) is 5.15. The molecule has 5 heteroatoms. The Balaban J connectivity index is 1.85. The molecule has 0 aliphatic carbocycles. The number of allylic oxidation sites excluding steroid dienone is 5. The average Bonchev–Trinajstić information content (AvgIpc) is 2.66. The van der Waals surface area contributed by atoms with Crippen LogP contribution in [0.3, 0.4) is 0 Å². The lowest BCUT2D eigenvalue weighted by molar-refractivity contribution is -0.118. The highest BCUT2D eigenvalue weighted by Crippen LogP contribution is 2.26. The highest BCUT2D eigenvalue weighted by Gasteiger charge is 2.27. The quantitative estimate of drug-likeness (QED) is 0.533. The maximum atomic E-state index is 13.8. The molecular formula is C23H31FN2O2. The van der Waals surface area contributed by atoms with Crippen LogP contribution in [0.5, 0.6) is 5.75 Å². The molecule has 1 aromatic carbocycles. The zero-order chi connectivity index (χ0) is 20.7. The Hall–Kier alpha value is -2.40. The molecule has 1 heterocycles. The predicted octanol–water partition coefficient (Wildman–Crippen LogP) is 4.38. The molecule has 1 saturated heterocycles. The van der Waals surface area contributed by atoms with Gasteiger partial charge in [-0.1, -0.05) is 25.1 Å². The van der Waals surface area contributed by atoms with E-state index in [1.807, 2.05) is 13.0 Å². The van der Waals surface area contributed by atoms with Gasteiger partial charge in [0.15, 0.2) is 0 Å². The van der Waals surface area contributed by atoms with Crippen LogP contribution in [0, 0.1) is 13.8 Å². The molecule has 1 aliphatic heterocycles. The van der Waals surface area contributed by atoms with Crippen LogP contribution in [0.1, 0.15) is 37.0 Å². The van der Waals surface area contributed by atoms with Crippen LogP contribution < -0.4 is 10.1 Å². The molecule has 0 bridgehead atoms. The van der Waals surface area contributed by atoms with Crippen molar-refractivity contribution in [3.05, 3.63) is 64.5 Å². The third kappa shape index (κ3) is 5.55. The molecule has 0 aromatic heterocycles. The van der Waals surface area contributed by atoms with Gasteiger partial charge in [-0.15, -0.1) is 0 Å². The predicted molar refractivity (Wildman–Crippen MR) is 112 cm³/mol. The van der Waals surface area contributed by atoms with E-state index in [9.17, 15) is 9.18 Å². The number of rotatable bonds is 8. The smallest absolute Gasteiger partial charge is 0.244 e. The number of carbonyl (C=O) groups excluding carboxylic acids is 1. The molecule has 4 nitrogen and oxygen atoms in total. The molecule has 0 spiro atoms. The summed E-state index contributed by atoms with van der Waals surface area (Å²) in [5.41, 5.74) is 4.13. The minimum atomic E-state index is -0.220.